The van der Waals surface area contributed by atoms with Gasteiger partial charge in [-0.15, -0.1) is 11.3 Å². The summed E-state index contributed by atoms with van der Waals surface area (Å²) in [5, 5.41) is 7.32. The molecule has 24 heavy (non-hydrogen) atoms. The molecule has 1 amide bonds. The van der Waals surface area contributed by atoms with Gasteiger partial charge in [-0.3, -0.25) is 4.79 Å². The number of fused-ring (bicyclic) bond motifs is 1. The molecule has 2 aromatic carbocycles. The SMILES string of the molecule is O=C(Nc1ccc(-n2cncn2)cc1)c1cc2c(F)cccc2s1. The zero-order valence-electron chi connectivity index (χ0n) is 12.3. The van der Waals surface area contributed by atoms with E-state index in [1.165, 1.54) is 23.7 Å². The third-order valence-corrected chi connectivity index (χ3v) is 4.64. The molecule has 0 spiro atoms. The Hall–Kier alpha value is -3.06. The second-order valence-corrected chi connectivity index (χ2v) is 6.19. The number of hydrogen-bond acceptors (Lipinski definition) is 4. The molecule has 7 heteroatoms. The average molecular weight is 338 g/mol. The fourth-order valence-corrected chi connectivity index (χ4v) is 3.34. The van der Waals surface area contributed by atoms with Crippen molar-refractivity contribution in [2.24, 2.45) is 0 Å². The minimum atomic E-state index is -0.319. The molecule has 2 aromatic heterocycles. The van der Waals surface area contributed by atoms with Crippen LogP contribution in [0.4, 0.5) is 10.1 Å². The number of halogens is 1. The summed E-state index contributed by atoms with van der Waals surface area (Å²) < 4.78 is 16.1. The first-order chi connectivity index (χ1) is 11.7. The minimum absolute atomic E-state index is 0.260. The van der Waals surface area contributed by atoms with Crippen molar-refractivity contribution in [3.63, 3.8) is 0 Å². The van der Waals surface area contributed by atoms with Crippen LogP contribution in [0.3, 0.4) is 0 Å². The van der Waals surface area contributed by atoms with Gasteiger partial charge in [-0.2, -0.15) is 5.10 Å². The fourth-order valence-electron chi connectivity index (χ4n) is 2.37. The van der Waals surface area contributed by atoms with Gasteiger partial charge in [0.15, 0.2) is 0 Å². The van der Waals surface area contributed by atoms with Crippen molar-refractivity contribution in [2.75, 3.05) is 5.32 Å². The molecule has 0 unspecified atom stereocenters. The highest BCUT2D eigenvalue weighted by Crippen LogP contribution is 2.28. The smallest absolute Gasteiger partial charge is 0.265 e. The van der Waals surface area contributed by atoms with E-state index in [1.807, 2.05) is 12.1 Å². The molecule has 4 rings (SSSR count). The monoisotopic (exact) mass is 338 g/mol. The number of amides is 1. The number of thiophene rings is 1. The van der Waals surface area contributed by atoms with Crippen molar-refractivity contribution in [3.8, 4) is 5.69 Å². The molecule has 5 nitrogen and oxygen atoms in total. The van der Waals surface area contributed by atoms with Crippen LogP contribution in [-0.4, -0.2) is 20.7 Å². The third kappa shape index (κ3) is 2.65. The number of benzene rings is 2. The van der Waals surface area contributed by atoms with Crippen LogP contribution in [0, 0.1) is 5.82 Å². The van der Waals surface area contributed by atoms with Crippen LogP contribution in [0.1, 0.15) is 9.67 Å². The Labute approximate surface area is 140 Å². The molecule has 0 radical (unpaired) electrons. The van der Waals surface area contributed by atoms with Gasteiger partial charge in [0.05, 0.1) is 10.6 Å². The van der Waals surface area contributed by atoms with Gasteiger partial charge in [0.1, 0.15) is 18.5 Å². The van der Waals surface area contributed by atoms with Crippen LogP contribution in [0.5, 0.6) is 0 Å². The molecule has 0 aliphatic heterocycles. The molecule has 0 saturated heterocycles. The Kier molecular flexibility index (Phi) is 3.55. The van der Waals surface area contributed by atoms with Gasteiger partial charge in [-0.1, -0.05) is 6.07 Å². The first-order valence-electron chi connectivity index (χ1n) is 7.15. The quantitative estimate of drug-likeness (QED) is 0.617. The number of rotatable bonds is 3. The molecule has 0 saturated carbocycles. The van der Waals surface area contributed by atoms with E-state index in [9.17, 15) is 9.18 Å². The van der Waals surface area contributed by atoms with E-state index in [2.05, 4.69) is 15.4 Å². The number of nitrogens with one attached hydrogen (secondary N) is 1. The molecule has 1 N–H and O–H groups in total. The molecule has 2 heterocycles. The van der Waals surface area contributed by atoms with Crippen molar-refractivity contribution < 1.29 is 9.18 Å². The van der Waals surface area contributed by atoms with Gasteiger partial charge in [0.2, 0.25) is 0 Å². The number of anilines is 1. The van der Waals surface area contributed by atoms with Crippen LogP contribution in [0.15, 0.2) is 61.2 Å². The molecule has 0 aliphatic carbocycles. The van der Waals surface area contributed by atoms with Gasteiger partial charge in [-0.25, -0.2) is 14.1 Å². The van der Waals surface area contributed by atoms with Crippen LogP contribution < -0.4 is 5.32 Å². The van der Waals surface area contributed by atoms with Crippen molar-refractivity contribution >= 4 is 33.0 Å². The van der Waals surface area contributed by atoms with E-state index in [0.29, 0.717) is 16.0 Å². The van der Waals surface area contributed by atoms with Crippen LogP contribution in [-0.2, 0) is 0 Å². The summed E-state index contributed by atoms with van der Waals surface area (Å²) in [5.41, 5.74) is 1.50. The highest BCUT2D eigenvalue weighted by molar-refractivity contribution is 7.20. The van der Waals surface area contributed by atoms with Crippen molar-refractivity contribution in [2.45, 2.75) is 0 Å². The van der Waals surface area contributed by atoms with E-state index in [-0.39, 0.29) is 11.7 Å². The van der Waals surface area contributed by atoms with Gasteiger partial charge >= 0.3 is 0 Å². The van der Waals surface area contributed by atoms with Gasteiger partial charge < -0.3 is 5.32 Å². The first kappa shape index (κ1) is 14.5. The normalized spacial score (nSPS) is 10.9. The summed E-state index contributed by atoms with van der Waals surface area (Å²) in [4.78, 5) is 16.7. The Morgan fingerprint density at radius 2 is 2.00 bits per heavy atom. The standard InChI is InChI=1S/C17H11FN4OS/c18-14-2-1-3-15-13(14)8-16(24-15)17(23)21-11-4-6-12(7-5-11)22-10-19-9-20-22/h1-10H,(H,21,23). The zero-order chi connectivity index (χ0) is 16.5. The number of aromatic nitrogens is 3. The Morgan fingerprint density at radius 1 is 1.17 bits per heavy atom. The van der Waals surface area contributed by atoms with E-state index in [4.69, 9.17) is 0 Å². The minimum Gasteiger partial charge on any atom is -0.321 e. The summed E-state index contributed by atoms with van der Waals surface area (Å²) in [7, 11) is 0. The van der Waals surface area contributed by atoms with E-state index >= 15 is 0 Å². The Morgan fingerprint density at radius 3 is 2.71 bits per heavy atom. The number of hydrogen-bond donors (Lipinski definition) is 1. The van der Waals surface area contributed by atoms with Crippen molar-refractivity contribution in [3.05, 3.63) is 71.9 Å². The maximum Gasteiger partial charge on any atom is 0.265 e. The molecule has 0 bridgehead atoms. The molecular formula is C17H11FN4OS. The summed E-state index contributed by atoms with van der Waals surface area (Å²) in [6.45, 7) is 0. The first-order valence-corrected chi connectivity index (χ1v) is 7.97. The average Bonchev–Trinajstić information content (AvgIpc) is 3.26. The second kappa shape index (κ2) is 5.86. The molecule has 118 valence electrons. The maximum absolute atomic E-state index is 13.7. The number of nitrogens with zero attached hydrogens (tertiary/aromatic N) is 3. The van der Waals surface area contributed by atoms with E-state index < -0.39 is 0 Å². The Bertz CT molecular complexity index is 1010. The third-order valence-electron chi connectivity index (χ3n) is 3.54. The van der Waals surface area contributed by atoms with Crippen molar-refractivity contribution in [1.29, 1.82) is 0 Å². The van der Waals surface area contributed by atoms with Gasteiger partial charge in [-0.05, 0) is 42.5 Å². The topological polar surface area (TPSA) is 59.8 Å². The van der Waals surface area contributed by atoms with E-state index in [1.54, 1.807) is 41.3 Å². The largest absolute Gasteiger partial charge is 0.321 e. The maximum atomic E-state index is 13.7. The van der Waals surface area contributed by atoms with Crippen LogP contribution in [0.25, 0.3) is 15.8 Å². The summed E-state index contributed by atoms with van der Waals surface area (Å²) >= 11 is 1.27. The lowest BCUT2D eigenvalue weighted by atomic mass is 10.2. The predicted octanol–water partition coefficient (Wildman–Crippen LogP) is 3.87. The summed E-state index contributed by atoms with van der Waals surface area (Å²) in [6, 6.07) is 13.6. The lowest BCUT2D eigenvalue weighted by molar-refractivity contribution is 0.103. The number of carbonyl (C=O) groups excluding carboxylic acids is 1. The van der Waals surface area contributed by atoms with E-state index in [0.717, 1.165) is 10.4 Å². The molecule has 0 atom stereocenters. The van der Waals surface area contributed by atoms with Gasteiger partial charge in [0.25, 0.3) is 5.91 Å². The molecule has 0 fully saturated rings. The summed E-state index contributed by atoms with van der Waals surface area (Å²) in [6.07, 6.45) is 3.05. The molecule has 0 aliphatic rings. The van der Waals surface area contributed by atoms with Crippen LogP contribution in [0.2, 0.25) is 0 Å². The second-order valence-electron chi connectivity index (χ2n) is 5.10. The van der Waals surface area contributed by atoms with Crippen molar-refractivity contribution in [1.82, 2.24) is 14.8 Å². The lowest BCUT2D eigenvalue weighted by Gasteiger charge is -2.05. The van der Waals surface area contributed by atoms with Crippen LogP contribution >= 0.6 is 11.3 Å². The Balaban J connectivity index is 1.55. The lowest BCUT2D eigenvalue weighted by Crippen LogP contribution is -2.10. The zero-order valence-corrected chi connectivity index (χ0v) is 13.1. The summed E-state index contributed by atoms with van der Waals surface area (Å²) in [5.74, 6) is -0.580. The number of carbonyl (C=O) groups is 1. The fraction of sp³-hybridized carbons (Fsp3) is 0. The highest BCUT2D eigenvalue weighted by atomic mass is 32.1. The van der Waals surface area contributed by atoms with Gasteiger partial charge in [0, 0.05) is 15.8 Å². The predicted molar refractivity (Wildman–Crippen MR) is 91.1 cm³/mol. The highest BCUT2D eigenvalue weighted by Gasteiger charge is 2.12. The molecular weight excluding hydrogens is 327 g/mol. The molecule has 4 aromatic rings.